The van der Waals surface area contributed by atoms with Crippen molar-refractivity contribution in [1.82, 2.24) is 19.5 Å². The van der Waals surface area contributed by atoms with Gasteiger partial charge < -0.3 is 9.88 Å². The number of hydrogen-bond donors (Lipinski definition) is 1. The molecule has 4 fully saturated rings. The number of anilines is 1. The average molecular weight is 478 g/mol. The van der Waals surface area contributed by atoms with E-state index in [4.69, 9.17) is 11.6 Å². The van der Waals surface area contributed by atoms with E-state index in [-0.39, 0.29) is 16.7 Å². The predicted octanol–water partition coefficient (Wildman–Crippen LogP) is 6.46. The van der Waals surface area contributed by atoms with Crippen LogP contribution in [0.15, 0.2) is 30.6 Å². The SMILES string of the molecule is CC(C)n1cnc2c(NCc3ccc(C(=O)CC45CC6CC(CC(C6)C4)C5)cc3)nc(Cl)nc21. The van der Waals surface area contributed by atoms with Crippen LogP contribution in [0.3, 0.4) is 0 Å². The van der Waals surface area contributed by atoms with Gasteiger partial charge in [-0.15, -0.1) is 0 Å². The van der Waals surface area contributed by atoms with Crippen molar-refractivity contribution < 1.29 is 4.79 Å². The standard InChI is InChI=1S/C27H32ClN5O/c1-16(2)33-15-30-23-24(31-26(28)32-25(23)33)29-14-17-3-5-21(6-4-17)22(34)13-27-10-18-7-19(11-27)9-20(8-18)12-27/h3-6,15-16,18-20H,7-14H2,1-2H3,(H,29,31,32). The van der Waals surface area contributed by atoms with E-state index in [0.29, 0.717) is 23.7 Å². The monoisotopic (exact) mass is 477 g/mol. The second kappa shape index (κ2) is 8.33. The topological polar surface area (TPSA) is 72.7 Å². The molecule has 4 aliphatic carbocycles. The molecule has 0 spiro atoms. The second-order valence-electron chi connectivity index (χ2n) is 11.3. The van der Waals surface area contributed by atoms with Crippen molar-refractivity contribution >= 4 is 34.4 Å². The molecule has 0 radical (unpaired) electrons. The van der Waals surface area contributed by atoms with Gasteiger partial charge in [-0.2, -0.15) is 9.97 Å². The maximum absolute atomic E-state index is 13.2. The van der Waals surface area contributed by atoms with E-state index in [1.54, 1.807) is 6.33 Å². The number of fused-ring (bicyclic) bond motifs is 1. The number of benzene rings is 1. The molecule has 34 heavy (non-hydrogen) atoms. The van der Waals surface area contributed by atoms with E-state index in [1.807, 2.05) is 28.8 Å². The Balaban J connectivity index is 1.13. The first-order valence-corrected chi connectivity index (χ1v) is 13.0. The van der Waals surface area contributed by atoms with Crippen molar-refractivity contribution in [3.8, 4) is 0 Å². The van der Waals surface area contributed by atoms with Gasteiger partial charge in [0.2, 0.25) is 5.28 Å². The zero-order valence-electron chi connectivity index (χ0n) is 19.9. The van der Waals surface area contributed by atoms with E-state index in [1.165, 1.54) is 38.5 Å². The minimum absolute atomic E-state index is 0.197. The van der Waals surface area contributed by atoms with Gasteiger partial charge >= 0.3 is 0 Å². The molecule has 4 aliphatic rings. The first kappa shape index (κ1) is 22.0. The highest BCUT2D eigenvalue weighted by Gasteiger charge is 2.51. The van der Waals surface area contributed by atoms with E-state index in [2.05, 4.69) is 34.1 Å². The Kier molecular flexibility index (Phi) is 5.40. The van der Waals surface area contributed by atoms with Crippen LogP contribution >= 0.6 is 11.6 Å². The molecule has 0 atom stereocenters. The highest BCUT2D eigenvalue weighted by Crippen LogP contribution is 2.61. The summed E-state index contributed by atoms with van der Waals surface area (Å²) < 4.78 is 1.98. The lowest BCUT2D eigenvalue weighted by molar-refractivity contribution is -0.0524. The molecule has 0 aliphatic heterocycles. The minimum Gasteiger partial charge on any atom is -0.364 e. The number of imidazole rings is 1. The number of Topliss-reactive ketones (excluding diaryl/α,β-unsaturated/α-hetero) is 1. The zero-order valence-corrected chi connectivity index (χ0v) is 20.7. The summed E-state index contributed by atoms with van der Waals surface area (Å²) in [6.45, 7) is 4.73. The molecule has 178 valence electrons. The number of ketones is 1. The lowest BCUT2D eigenvalue weighted by Crippen LogP contribution is -2.46. The third-order valence-electron chi connectivity index (χ3n) is 8.39. The van der Waals surface area contributed by atoms with Crippen LogP contribution in [-0.4, -0.2) is 25.3 Å². The van der Waals surface area contributed by atoms with Crippen LogP contribution in [0.25, 0.3) is 11.2 Å². The molecular weight excluding hydrogens is 446 g/mol. The molecule has 4 bridgehead atoms. The van der Waals surface area contributed by atoms with Crippen LogP contribution in [0.4, 0.5) is 5.82 Å². The molecule has 7 rings (SSSR count). The third kappa shape index (κ3) is 4.00. The van der Waals surface area contributed by atoms with Crippen molar-refractivity contribution in [1.29, 1.82) is 0 Å². The summed E-state index contributed by atoms with van der Waals surface area (Å²) in [7, 11) is 0. The van der Waals surface area contributed by atoms with E-state index >= 15 is 0 Å². The van der Waals surface area contributed by atoms with E-state index < -0.39 is 0 Å². The van der Waals surface area contributed by atoms with Gasteiger partial charge in [0.1, 0.15) is 0 Å². The van der Waals surface area contributed by atoms with Gasteiger partial charge in [-0.05, 0) is 92.7 Å². The van der Waals surface area contributed by atoms with Crippen LogP contribution < -0.4 is 5.32 Å². The summed E-state index contributed by atoms with van der Waals surface area (Å²) >= 11 is 6.18. The van der Waals surface area contributed by atoms with E-state index in [0.717, 1.165) is 40.9 Å². The van der Waals surface area contributed by atoms with Gasteiger partial charge in [0.25, 0.3) is 0 Å². The first-order chi connectivity index (χ1) is 16.4. The number of carbonyl (C=O) groups excluding carboxylic acids is 1. The van der Waals surface area contributed by atoms with Crippen LogP contribution in [-0.2, 0) is 6.54 Å². The molecule has 2 heterocycles. The fraction of sp³-hybridized carbons (Fsp3) is 0.556. The Morgan fingerprint density at radius 1 is 1.09 bits per heavy atom. The highest BCUT2D eigenvalue weighted by atomic mass is 35.5. The predicted molar refractivity (Wildman–Crippen MR) is 134 cm³/mol. The number of nitrogens with zero attached hydrogens (tertiary/aromatic N) is 4. The Hall–Kier alpha value is -2.47. The number of aromatic nitrogens is 4. The van der Waals surface area contributed by atoms with Gasteiger partial charge in [-0.3, -0.25) is 4.79 Å². The van der Waals surface area contributed by atoms with Crippen LogP contribution in [0.2, 0.25) is 5.28 Å². The largest absolute Gasteiger partial charge is 0.364 e. The lowest BCUT2D eigenvalue weighted by Gasteiger charge is -2.56. The van der Waals surface area contributed by atoms with Crippen LogP contribution in [0.1, 0.15) is 80.8 Å². The second-order valence-corrected chi connectivity index (χ2v) is 11.7. The Bertz CT molecular complexity index is 1200. The van der Waals surface area contributed by atoms with Gasteiger partial charge in [-0.25, -0.2) is 4.98 Å². The zero-order chi connectivity index (χ0) is 23.4. The van der Waals surface area contributed by atoms with Crippen molar-refractivity contribution in [3.63, 3.8) is 0 Å². The number of rotatable bonds is 7. The Morgan fingerprint density at radius 2 is 1.74 bits per heavy atom. The molecule has 0 saturated heterocycles. The Morgan fingerprint density at radius 3 is 2.35 bits per heavy atom. The van der Waals surface area contributed by atoms with Gasteiger partial charge in [0.15, 0.2) is 22.8 Å². The molecule has 6 nitrogen and oxygen atoms in total. The Labute approximate surface area is 205 Å². The van der Waals surface area contributed by atoms with Gasteiger partial charge in [0, 0.05) is 24.6 Å². The summed E-state index contributed by atoms with van der Waals surface area (Å²) in [5.41, 5.74) is 3.63. The number of halogens is 1. The van der Waals surface area contributed by atoms with Crippen molar-refractivity contribution in [2.24, 2.45) is 23.2 Å². The molecule has 1 N–H and O–H groups in total. The smallest absolute Gasteiger partial charge is 0.226 e. The number of nitrogens with one attached hydrogen (secondary N) is 1. The van der Waals surface area contributed by atoms with Crippen molar-refractivity contribution in [3.05, 3.63) is 47.0 Å². The van der Waals surface area contributed by atoms with Gasteiger partial charge in [-0.1, -0.05) is 24.3 Å². The molecular formula is C27H32ClN5O. The maximum atomic E-state index is 13.2. The van der Waals surface area contributed by atoms with Crippen molar-refractivity contribution in [2.75, 3.05) is 5.32 Å². The molecule has 0 unspecified atom stereocenters. The fourth-order valence-electron chi connectivity index (χ4n) is 7.33. The molecule has 1 aromatic carbocycles. The third-order valence-corrected chi connectivity index (χ3v) is 8.56. The number of hydrogen-bond acceptors (Lipinski definition) is 5. The summed E-state index contributed by atoms with van der Waals surface area (Å²) in [6.07, 6.45) is 10.6. The molecule has 7 heteroatoms. The fourth-order valence-corrected chi connectivity index (χ4v) is 7.50. The lowest BCUT2D eigenvalue weighted by atomic mass is 9.48. The van der Waals surface area contributed by atoms with E-state index in [9.17, 15) is 4.79 Å². The summed E-state index contributed by atoms with van der Waals surface area (Å²) in [6, 6.07) is 8.26. The normalized spacial score (nSPS) is 27.6. The minimum atomic E-state index is 0.197. The average Bonchev–Trinajstić information content (AvgIpc) is 3.20. The van der Waals surface area contributed by atoms with Crippen LogP contribution in [0.5, 0.6) is 0 Å². The molecule has 4 saturated carbocycles. The molecule has 2 aromatic heterocycles. The summed E-state index contributed by atoms with van der Waals surface area (Å²) in [5.74, 6) is 3.56. The van der Waals surface area contributed by atoms with Gasteiger partial charge in [0.05, 0.1) is 6.33 Å². The summed E-state index contributed by atoms with van der Waals surface area (Å²) in [4.78, 5) is 26.4. The molecule has 3 aromatic rings. The van der Waals surface area contributed by atoms with Crippen molar-refractivity contribution in [2.45, 2.75) is 71.4 Å². The highest BCUT2D eigenvalue weighted by molar-refractivity contribution is 6.28. The molecule has 0 amide bonds. The first-order valence-electron chi connectivity index (χ1n) is 12.6. The quantitative estimate of drug-likeness (QED) is 0.312. The number of carbonyl (C=O) groups is 1. The maximum Gasteiger partial charge on any atom is 0.226 e. The summed E-state index contributed by atoms with van der Waals surface area (Å²) in [5, 5.41) is 3.55. The van der Waals surface area contributed by atoms with Crippen LogP contribution in [0, 0.1) is 23.2 Å².